The van der Waals surface area contributed by atoms with E-state index >= 15 is 0 Å². The Hall–Kier alpha value is -1.11. The molecule has 0 spiro atoms. The zero-order valence-electron chi connectivity index (χ0n) is 11.2. The van der Waals surface area contributed by atoms with E-state index in [9.17, 15) is 17.6 Å². The molecule has 1 saturated heterocycles. The van der Waals surface area contributed by atoms with Crippen molar-refractivity contribution in [2.24, 2.45) is 0 Å². The standard InChI is InChI=1S/C14H15ClF4N2/c1-2-12(21-5-3-20-4-6-21)10-7-9(14(17,18)19)8-11(15)13(10)16/h2,7-8,12,20H,1,3-6H2/t12-/m0/s1. The molecule has 1 N–H and O–H groups in total. The summed E-state index contributed by atoms with van der Waals surface area (Å²) in [4.78, 5) is 1.87. The van der Waals surface area contributed by atoms with Crippen molar-refractivity contribution in [3.63, 3.8) is 0 Å². The SMILES string of the molecule is C=C[C@@H](c1cc(C(F)(F)F)cc(Cl)c1F)N1CCNCC1. The van der Waals surface area contributed by atoms with E-state index in [-0.39, 0.29) is 5.56 Å². The summed E-state index contributed by atoms with van der Waals surface area (Å²) in [5.74, 6) is -0.826. The van der Waals surface area contributed by atoms with Gasteiger partial charge in [-0.3, -0.25) is 4.90 Å². The first-order valence-corrected chi connectivity index (χ1v) is 6.86. The van der Waals surface area contributed by atoms with Crippen molar-refractivity contribution in [1.82, 2.24) is 10.2 Å². The van der Waals surface area contributed by atoms with Gasteiger partial charge in [0.15, 0.2) is 0 Å². The van der Waals surface area contributed by atoms with Crippen molar-refractivity contribution in [2.75, 3.05) is 26.2 Å². The van der Waals surface area contributed by atoms with E-state index < -0.39 is 28.6 Å². The van der Waals surface area contributed by atoms with Gasteiger partial charge in [-0.2, -0.15) is 13.2 Å². The Morgan fingerprint density at radius 2 is 1.90 bits per heavy atom. The Morgan fingerprint density at radius 1 is 1.29 bits per heavy atom. The molecule has 0 unspecified atom stereocenters. The first-order chi connectivity index (χ1) is 9.84. The van der Waals surface area contributed by atoms with Crippen molar-refractivity contribution in [1.29, 1.82) is 0 Å². The van der Waals surface area contributed by atoms with E-state index in [4.69, 9.17) is 11.6 Å². The maximum atomic E-state index is 14.2. The fraction of sp³-hybridized carbons (Fsp3) is 0.429. The maximum Gasteiger partial charge on any atom is 0.416 e. The molecule has 2 nitrogen and oxygen atoms in total. The average molecular weight is 323 g/mol. The van der Waals surface area contributed by atoms with Crippen molar-refractivity contribution in [3.05, 3.63) is 46.8 Å². The molecular weight excluding hydrogens is 308 g/mol. The summed E-state index contributed by atoms with van der Waals surface area (Å²) in [7, 11) is 0. The summed E-state index contributed by atoms with van der Waals surface area (Å²) in [5.41, 5.74) is -1.04. The number of hydrogen-bond donors (Lipinski definition) is 1. The Balaban J connectivity index is 2.44. The first kappa shape index (κ1) is 16.3. The molecule has 2 rings (SSSR count). The lowest BCUT2D eigenvalue weighted by atomic mass is 10.0. The van der Waals surface area contributed by atoms with Gasteiger partial charge >= 0.3 is 6.18 Å². The molecule has 0 bridgehead atoms. The van der Waals surface area contributed by atoms with Gasteiger partial charge in [0.2, 0.25) is 0 Å². The lowest BCUT2D eigenvalue weighted by Crippen LogP contribution is -2.44. The summed E-state index contributed by atoms with van der Waals surface area (Å²) in [6.45, 7) is 6.21. The molecule has 116 valence electrons. The van der Waals surface area contributed by atoms with Gasteiger partial charge in [0.05, 0.1) is 16.6 Å². The molecule has 0 radical (unpaired) electrons. The van der Waals surface area contributed by atoms with Crippen LogP contribution in [0, 0.1) is 5.82 Å². The monoisotopic (exact) mass is 322 g/mol. The zero-order valence-corrected chi connectivity index (χ0v) is 11.9. The molecule has 1 aliphatic rings. The second-order valence-electron chi connectivity index (χ2n) is 4.83. The molecule has 0 aliphatic carbocycles. The number of rotatable bonds is 3. The van der Waals surface area contributed by atoms with Crippen LogP contribution in [-0.4, -0.2) is 31.1 Å². The second kappa shape index (κ2) is 6.34. The smallest absolute Gasteiger partial charge is 0.314 e. The highest BCUT2D eigenvalue weighted by atomic mass is 35.5. The minimum atomic E-state index is -4.57. The van der Waals surface area contributed by atoms with Crippen LogP contribution < -0.4 is 5.32 Å². The molecule has 0 amide bonds. The summed E-state index contributed by atoms with van der Waals surface area (Å²) >= 11 is 5.62. The van der Waals surface area contributed by atoms with E-state index in [1.807, 2.05) is 4.90 Å². The third-order valence-electron chi connectivity index (χ3n) is 3.47. The predicted octanol–water partition coefficient (Wildman–Crippen LogP) is 3.63. The fourth-order valence-corrected chi connectivity index (χ4v) is 2.65. The predicted molar refractivity (Wildman–Crippen MR) is 73.8 cm³/mol. The van der Waals surface area contributed by atoms with Crippen LogP contribution in [0.4, 0.5) is 17.6 Å². The third-order valence-corrected chi connectivity index (χ3v) is 3.75. The number of benzene rings is 1. The molecule has 1 aromatic carbocycles. The number of piperazine rings is 1. The molecule has 1 aromatic rings. The van der Waals surface area contributed by atoms with Crippen LogP contribution in [0.25, 0.3) is 0 Å². The molecule has 1 atom stereocenters. The molecule has 1 aliphatic heterocycles. The Labute approximate surface area is 125 Å². The summed E-state index contributed by atoms with van der Waals surface area (Å²) in [6.07, 6.45) is -3.12. The third kappa shape index (κ3) is 3.56. The highest BCUT2D eigenvalue weighted by Crippen LogP contribution is 2.36. The van der Waals surface area contributed by atoms with Crippen molar-refractivity contribution < 1.29 is 17.6 Å². The molecular formula is C14H15ClF4N2. The number of nitrogens with one attached hydrogen (secondary N) is 1. The fourth-order valence-electron chi connectivity index (χ4n) is 2.42. The van der Waals surface area contributed by atoms with E-state index in [0.29, 0.717) is 32.2 Å². The normalized spacial score (nSPS) is 18.5. The number of nitrogens with zero attached hydrogens (tertiary/aromatic N) is 1. The van der Waals surface area contributed by atoms with Gasteiger partial charge in [-0.25, -0.2) is 4.39 Å². The van der Waals surface area contributed by atoms with E-state index in [2.05, 4.69) is 11.9 Å². The highest BCUT2D eigenvalue weighted by molar-refractivity contribution is 6.30. The van der Waals surface area contributed by atoms with Gasteiger partial charge in [-0.1, -0.05) is 17.7 Å². The lowest BCUT2D eigenvalue weighted by molar-refractivity contribution is -0.137. The van der Waals surface area contributed by atoms with Crippen molar-refractivity contribution in [3.8, 4) is 0 Å². The molecule has 1 fully saturated rings. The van der Waals surface area contributed by atoms with Gasteiger partial charge in [0, 0.05) is 31.7 Å². The Morgan fingerprint density at radius 3 is 2.43 bits per heavy atom. The maximum absolute atomic E-state index is 14.2. The van der Waals surface area contributed by atoms with E-state index in [1.54, 1.807) is 0 Å². The van der Waals surface area contributed by atoms with Gasteiger partial charge in [-0.05, 0) is 12.1 Å². The van der Waals surface area contributed by atoms with Crippen LogP contribution in [0.2, 0.25) is 5.02 Å². The molecule has 21 heavy (non-hydrogen) atoms. The van der Waals surface area contributed by atoms with Crippen molar-refractivity contribution >= 4 is 11.6 Å². The number of hydrogen-bond acceptors (Lipinski definition) is 2. The van der Waals surface area contributed by atoms with Gasteiger partial charge in [0.1, 0.15) is 5.82 Å². The molecule has 1 heterocycles. The Kier molecular flexibility index (Phi) is 4.91. The Bertz CT molecular complexity index is 524. The summed E-state index contributed by atoms with van der Waals surface area (Å²) in [5, 5.41) is 2.60. The van der Waals surface area contributed by atoms with Crippen LogP contribution in [0.15, 0.2) is 24.8 Å². The number of halogens is 5. The minimum Gasteiger partial charge on any atom is -0.314 e. The lowest BCUT2D eigenvalue weighted by Gasteiger charge is -2.34. The largest absolute Gasteiger partial charge is 0.416 e. The van der Waals surface area contributed by atoms with Crippen molar-refractivity contribution in [2.45, 2.75) is 12.2 Å². The van der Waals surface area contributed by atoms with Crippen LogP contribution in [-0.2, 0) is 6.18 Å². The quantitative estimate of drug-likeness (QED) is 0.675. The van der Waals surface area contributed by atoms with Crippen LogP contribution >= 0.6 is 11.6 Å². The van der Waals surface area contributed by atoms with Crippen LogP contribution in [0.3, 0.4) is 0 Å². The second-order valence-corrected chi connectivity index (χ2v) is 5.23. The first-order valence-electron chi connectivity index (χ1n) is 6.48. The average Bonchev–Trinajstić information content (AvgIpc) is 2.44. The molecule has 7 heteroatoms. The summed E-state index contributed by atoms with van der Waals surface area (Å²) in [6, 6.07) is 0.792. The molecule has 0 aromatic heterocycles. The van der Waals surface area contributed by atoms with E-state index in [1.165, 1.54) is 6.08 Å². The molecule has 0 saturated carbocycles. The van der Waals surface area contributed by atoms with Gasteiger partial charge < -0.3 is 5.32 Å². The highest BCUT2D eigenvalue weighted by Gasteiger charge is 2.34. The zero-order chi connectivity index (χ0) is 15.6. The summed E-state index contributed by atoms with van der Waals surface area (Å²) < 4.78 is 52.7. The van der Waals surface area contributed by atoms with Gasteiger partial charge in [0.25, 0.3) is 0 Å². The van der Waals surface area contributed by atoms with Gasteiger partial charge in [-0.15, -0.1) is 6.58 Å². The van der Waals surface area contributed by atoms with E-state index in [0.717, 1.165) is 6.07 Å². The topological polar surface area (TPSA) is 15.3 Å². The number of alkyl halides is 3. The minimum absolute atomic E-state index is 0.0910. The van der Waals surface area contributed by atoms with Crippen LogP contribution in [0.5, 0.6) is 0 Å². The van der Waals surface area contributed by atoms with Crippen LogP contribution in [0.1, 0.15) is 17.2 Å².